The van der Waals surface area contributed by atoms with E-state index in [0.717, 1.165) is 12.1 Å². The third-order valence-electron chi connectivity index (χ3n) is 8.26. The van der Waals surface area contributed by atoms with Crippen molar-refractivity contribution >= 4 is 40.6 Å². The molecular formula is C26H31ClN4O2S. The third kappa shape index (κ3) is 4.12. The predicted octanol–water partition coefficient (Wildman–Crippen LogP) is 4.73. The summed E-state index contributed by atoms with van der Waals surface area (Å²) in [6.07, 6.45) is 7.26. The molecule has 4 fully saturated rings. The highest BCUT2D eigenvalue weighted by Crippen LogP contribution is 2.51. The summed E-state index contributed by atoms with van der Waals surface area (Å²) < 4.78 is 0.605. The number of amides is 3. The van der Waals surface area contributed by atoms with Crippen LogP contribution < -0.4 is 10.2 Å². The van der Waals surface area contributed by atoms with E-state index in [4.69, 9.17) is 11.6 Å². The van der Waals surface area contributed by atoms with Crippen molar-refractivity contribution in [1.29, 1.82) is 0 Å². The van der Waals surface area contributed by atoms with Gasteiger partial charge in [-0.2, -0.15) is 0 Å². The number of benzene rings is 1. The van der Waals surface area contributed by atoms with Crippen LogP contribution in [0.25, 0.3) is 0 Å². The molecule has 0 unspecified atom stereocenters. The average Bonchev–Trinajstić information content (AvgIpc) is 3.25. The van der Waals surface area contributed by atoms with Crippen molar-refractivity contribution in [2.24, 2.45) is 0 Å². The van der Waals surface area contributed by atoms with Gasteiger partial charge in [0.25, 0.3) is 5.91 Å². The maximum absolute atomic E-state index is 13.2. The third-order valence-corrected chi connectivity index (χ3v) is 9.49. The summed E-state index contributed by atoms with van der Waals surface area (Å²) in [6.45, 7) is 4.99. The Labute approximate surface area is 209 Å². The van der Waals surface area contributed by atoms with Gasteiger partial charge in [-0.25, -0.2) is 4.79 Å². The van der Waals surface area contributed by atoms with Gasteiger partial charge < -0.3 is 15.1 Å². The Bertz CT molecular complexity index is 1080. The fourth-order valence-corrected chi connectivity index (χ4v) is 6.95. The molecule has 4 heterocycles. The van der Waals surface area contributed by atoms with Crippen molar-refractivity contribution in [2.75, 3.05) is 37.6 Å². The van der Waals surface area contributed by atoms with Crippen LogP contribution in [0, 0.1) is 0 Å². The van der Waals surface area contributed by atoms with Crippen LogP contribution in [0.4, 0.5) is 10.5 Å². The lowest BCUT2D eigenvalue weighted by molar-refractivity contribution is 0.0935. The van der Waals surface area contributed by atoms with E-state index in [-0.39, 0.29) is 24.0 Å². The molecule has 0 radical (unpaired) electrons. The Morgan fingerprint density at radius 2 is 1.85 bits per heavy atom. The Morgan fingerprint density at radius 3 is 2.53 bits per heavy atom. The molecule has 0 spiro atoms. The minimum Gasteiger partial charge on any atom is -0.346 e. The molecule has 1 aliphatic carbocycles. The number of thiophene rings is 1. The van der Waals surface area contributed by atoms with E-state index in [0.29, 0.717) is 27.7 Å². The van der Waals surface area contributed by atoms with Crippen LogP contribution in [-0.4, -0.2) is 66.5 Å². The van der Waals surface area contributed by atoms with E-state index < -0.39 is 0 Å². The molecule has 0 bridgehead atoms. The highest BCUT2D eigenvalue weighted by molar-refractivity contribution is 7.18. The lowest BCUT2D eigenvalue weighted by Crippen LogP contribution is -2.44. The quantitative estimate of drug-likeness (QED) is 0.600. The lowest BCUT2D eigenvalue weighted by Gasteiger charge is -2.22. The molecule has 4 aliphatic rings. The van der Waals surface area contributed by atoms with E-state index in [1.807, 2.05) is 9.80 Å². The molecule has 180 valence electrons. The molecular weight excluding hydrogens is 468 g/mol. The second kappa shape index (κ2) is 8.85. The molecule has 8 heteroatoms. The van der Waals surface area contributed by atoms with Crippen molar-refractivity contribution in [3.63, 3.8) is 0 Å². The van der Waals surface area contributed by atoms with Crippen molar-refractivity contribution in [3.8, 4) is 0 Å². The van der Waals surface area contributed by atoms with Gasteiger partial charge in [-0.05, 0) is 93.4 Å². The smallest absolute Gasteiger partial charge is 0.324 e. The number of fused-ring (bicyclic) bond motifs is 1. The first-order chi connectivity index (χ1) is 16.5. The van der Waals surface area contributed by atoms with Gasteiger partial charge in [0, 0.05) is 12.2 Å². The fourth-order valence-electron chi connectivity index (χ4n) is 6.00. The molecule has 1 aromatic carbocycles. The van der Waals surface area contributed by atoms with Crippen LogP contribution in [0.2, 0.25) is 4.34 Å². The van der Waals surface area contributed by atoms with E-state index in [2.05, 4.69) is 34.5 Å². The van der Waals surface area contributed by atoms with E-state index >= 15 is 0 Å². The summed E-state index contributed by atoms with van der Waals surface area (Å²) >= 11 is 7.26. The molecule has 1 aromatic heterocycles. The van der Waals surface area contributed by atoms with Gasteiger partial charge in [-0.1, -0.05) is 23.7 Å². The predicted molar refractivity (Wildman–Crippen MR) is 136 cm³/mol. The summed E-state index contributed by atoms with van der Waals surface area (Å²) in [7, 11) is 0. The largest absolute Gasteiger partial charge is 0.346 e. The van der Waals surface area contributed by atoms with Crippen LogP contribution >= 0.6 is 22.9 Å². The van der Waals surface area contributed by atoms with Gasteiger partial charge in [-0.3, -0.25) is 9.69 Å². The minimum atomic E-state index is -0.109. The van der Waals surface area contributed by atoms with Crippen LogP contribution in [-0.2, 0) is 5.41 Å². The Balaban J connectivity index is 1.10. The number of nitrogens with zero attached hydrogens (tertiary/aromatic N) is 3. The van der Waals surface area contributed by atoms with Gasteiger partial charge in [0.1, 0.15) is 0 Å². The first kappa shape index (κ1) is 22.4. The Morgan fingerprint density at radius 1 is 1.09 bits per heavy atom. The SMILES string of the molecule is O=C(N[C@@H]1CCN2C(=O)N(c3ccc(C4(CCN5CCCC5)CC4)cc3)C[C@H]12)c1ccc(Cl)s1. The van der Waals surface area contributed by atoms with E-state index in [1.54, 1.807) is 12.1 Å². The van der Waals surface area contributed by atoms with Crippen molar-refractivity contribution in [1.82, 2.24) is 15.1 Å². The van der Waals surface area contributed by atoms with Gasteiger partial charge in [0.15, 0.2) is 0 Å². The number of hydrogen-bond donors (Lipinski definition) is 1. The Kier molecular flexibility index (Phi) is 5.82. The average molecular weight is 499 g/mol. The standard InChI is InChI=1S/C26H31ClN4O2S/c27-23-8-7-22(34-23)24(32)28-20-9-15-30-21(20)17-31(25(30)33)19-5-3-18(4-6-19)26(10-11-26)12-16-29-13-1-2-14-29/h3-8,20-21H,1-2,9-17H2,(H,28,32)/t20-,21-/m1/s1. The highest BCUT2D eigenvalue weighted by atomic mass is 35.5. The zero-order valence-electron chi connectivity index (χ0n) is 19.3. The highest BCUT2D eigenvalue weighted by Gasteiger charge is 2.47. The molecule has 2 aromatic rings. The van der Waals surface area contributed by atoms with Gasteiger partial charge >= 0.3 is 6.03 Å². The molecule has 34 heavy (non-hydrogen) atoms. The molecule has 6 rings (SSSR count). The second-order valence-electron chi connectivity index (χ2n) is 10.3. The maximum atomic E-state index is 13.2. The zero-order chi connectivity index (χ0) is 23.3. The van der Waals surface area contributed by atoms with E-state index in [9.17, 15) is 9.59 Å². The summed E-state index contributed by atoms with van der Waals surface area (Å²) in [6, 6.07) is 12.2. The minimum absolute atomic E-state index is 0.00166. The first-order valence-corrected chi connectivity index (χ1v) is 13.7. The molecule has 1 N–H and O–H groups in total. The zero-order valence-corrected chi connectivity index (χ0v) is 20.9. The molecule has 3 aliphatic heterocycles. The molecule has 6 nitrogen and oxygen atoms in total. The second-order valence-corrected chi connectivity index (χ2v) is 12.0. The summed E-state index contributed by atoms with van der Waals surface area (Å²) in [5, 5.41) is 3.14. The number of urea groups is 1. The molecule has 1 saturated carbocycles. The van der Waals surface area contributed by atoms with Crippen LogP contribution in [0.3, 0.4) is 0 Å². The van der Waals surface area contributed by atoms with Gasteiger partial charge in [-0.15, -0.1) is 11.3 Å². The number of rotatable bonds is 7. The van der Waals surface area contributed by atoms with Gasteiger partial charge in [0.05, 0.1) is 27.8 Å². The topological polar surface area (TPSA) is 55.9 Å². The first-order valence-electron chi connectivity index (χ1n) is 12.5. The number of nitrogens with one attached hydrogen (secondary N) is 1. The van der Waals surface area contributed by atoms with Crippen molar-refractivity contribution in [2.45, 2.75) is 56.0 Å². The number of halogens is 1. The van der Waals surface area contributed by atoms with Crippen LogP contribution in [0.1, 0.15) is 53.8 Å². The summed E-state index contributed by atoms with van der Waals surface area (Å²) in [4.78, 5) is 32.8. The molecule has 3 saturated heterocycles. The fraction of sp³-hybridized carbons (Fsp3) is 0.538. The number of hydrogen-bond acceptors (Lipinski definition) is 4. The molecule has 3 amide bonds. The maximum Gasteiger partial charge on any atom is 0.324 e. The number of likely N-dealkylation sites (tertiary alicyclic amines) is 1. The van der Waals surface area contributed by atoms with Crippen molar-refractivity contribution in [3.05, 3.63) is 51.2 Å². The normalized spacial score (nSPS) is 25.7. The van der Waals surface area contributed by atoms with Crippen molar-refractivity contribution < 1.29 is 9.59 Å². The summed E-state index contributed by atoms with van der Waals surface area (Å²) in [5.41, 5.74) is 2.71. The van der Waals surface area contributed by atoms with E-state index in [1.165, 1.54) is 68.6 Å². The van der Waals surface area contributed by atoms with Crippen LogP contribution in [0.15, 0.2) is 36.4 Å². The van der Waals surface area contributed by atoms with Gasteiger partial charge in [0.2, 0.25) is 0 Å². The number of carbonyl (C=O) groups excluding carboxylic acids is 2. The molecule has 2 atom stereocenters. The lowest BCUT2D eigenvalue weighted by atomic mass is 9.92. The number of carbonyl (C=O) groups is 2. The Hall–Kier alpha value is -2.09. The summed E-state index contributed by atoms with van der Waals surface area (Å²) in [5.74, 6) is -0.109. The number of anilines is 1. The monoisotopic (exact) mass is 498 g/mol. The van der Waals surface area contributed by atoms with Crippen LogP contribution in [0.5, 0.6) is 0 Å².